The van der Waals surface area contributed by atoms with Crippen LogP contribution in [0, 0.1) is 0 Å². The number of thioether (sulfide) groups is 1. The Morgan fingerprint density at radius 3 is 2.60 bits per heavy atom. The van der Waals surface area contributed by atoms with Crippen LogP contribution < -0.4 is 5.84 Å². The molecule has 12 heteroatoms. The first-order valence-corrected chi connectivity index (χ1v) is 12.8. The number of nitrogens with two attached hydrogens (primary N) is 1. The van der Waals surface area contributed by atoms with Gasteiger partial charge >= 0.3 is 0 Å². The Morgan fingerprint density at radius 2 is 1.93 bits per heavy atom. The third kappa shape index (κ3) is 4.58. The molecular weight excluding hydrogens is 448 g/mol. The van der Waals surface area contributed by atoms with Crippen molar-refractivity contribution in [2.75, 3.05) is 49.3 Å². The lowest BCUT2D eigenvalue weighted by Crippen LogP contribution is -2.52. The number of hydrogen-bond donors (Lipinski definition) is 1. The lowest BCUT2D eigenvalue weighted by molar-refractivity contribution is -0.130. The number of nitrogens with zero attached hydrogens (tertiary/aromatic N) is 5. The standard InChI is InChI=1S/C18H23ClN6O3S2/c19-15-4-2-1-3-14(15)17-21-22-18(25(17)20)29-11-16(26)24-8-6-23(7-9-24)13-5-10-30(27,28)12-13/h1-4,13H,5-12,20H2. The maximum atomic E-state index is 12.6. The van der Waals surface area contributed by atoms with Crippen LogP contribution in [0.2, 0.25) is 5.02 Å². The van der Waals surface area contributed by atoms with Crippen molar-refractivity contribution < 1.29 is 13.2 Å². The average molecular weight is 471 g/mol. The van der Waals surface area contributed by atoms with Crippen molar-refractivity contribution in [1.29, 1.82) is 0 Å². The molecule has 2 N–H and O–H groups in total. The van der Waals surface area contributed by atoms with Crippen LogP contribution >= 0.6 is 23.4 Å². The van der Waals surface area contributed by atoms with Crippen LogP contribution in [0.1, 0.15) is 6.42 Å². The summed E-state index contributed by atoms with van der Waals surface area (Å²) in [6, 6.07) is 7.31. The fraction of sp³-hybridized carbons (Fsp3) is 0.500. The molecule has 0 radical (unpaired) electrons. The Bertz CT molecular complexity index is 1040. The van der Waals surface area contributed by atoms with E-state index >= 15 is 0 Å². The van der Waals surface area contributed by atoms with Crippen molar-refractivity contribution >= 4 is 39.1 Å². The van der Waals surface area contributed by atoms with Gasteiger partial charge in [0.25, 0.3) is 0 Å². The van der Waals surface area contributed by atoms with Crippen LogP contribution in [0.15, 0.2) is 29.4 Å². The van der Waals surface area contributed by atoms with Crippen molar-refractivity contribution in [3.05, 3.63) is 29.3 Å². The van der Waals surface area contributed by atoms with Gasteiger partial charge in [0.05, 0.1) is 22.3 Å². The molecule has 1 aromatic heterocycles. The van der Waals surface area contributed by atoms with E-state index in [2.05, 4.69) is 15.1 Å². The average Bonchev–Trinajstić information content (AvgIpc) is 3.28. The minimum Gasteiger partial charge on any atom is -0.339 e. The molecule has 9 nitrogen and oxygen atoms in total. The highest BCUT2D eigenvalue weighted by Crippen LogP contribution is 2.27. The molecule has 1 amide bonds. The first-order chi connectivity index (χ1) is 14.3. The van der Waals surface area contributed by atoms with Crippen LogP contribution in [0.5, 0.6) is 0 Å². The summed E-state index contributed by atoms with van der Waals surface area (Å²) in [4.78, 5) is 16.6. The Labute approximate surface area is 184 Å². The van der Waals surface area contributed by atoms with E-state index in [1.165, 1.54) is 16.4 Å². The number of sulfone groups is 1. The first kappa shape index (κ1) is 21.4. The molecule has 2 saturated heterocycles. The van der Waals surface area contributed by atoms with E-state index in [0.29, 0.717) is 54.2 Å². The zero-order valence-electron chi connectivity index (χ0n) is 16.3. The second-order valence-corrected chi connectivity index (χ2v) is 11.0. The van der Waals surface area contributed by atoms with Gasteiger partial charge in [-0.3, -0.25) is 9.69 Å². The molecule has 2 aliphatic heterocycles. The molecule has 1 aromatic carbocycles. The summed E-state index contributed by atoms with van der Waals surface area (Å²) in [5, 5.41) is 9.15. The van der Waals surface area contributed by atoms with Gasteiger partial charge in [0, 0.05) is 37.8 Å². The molecule has 2 fully saturated rings. The SMILES string of the molecule is Nn1c(SCC(=O)N2CCN(C3CCS(=O)(=O)C3)CC2)nnc1-c1ccccc1Cl. The third-order valence-electron chi connectivity index (χ3n) is 5.50. The molecule has 1 atom stereocenters. The second-order valence-electron chi connectivity index (χ2n) is 7.42. The number of piperazine rings is 1. The maximum Gasteiger partial charge on any atom is 0.233 e. The zero-order chi connectivity index (χ0) is 21.3. The highest BCUT2D eigenvalue weighted by Gasteiger charge is 2.34. The Balaban J connectivity index is 1.30. The van der Waals surface area contributed by atoms with Gasteiger partial charge in [-0.1, -0.05) is 35.5 Å². The molecule has 2 aromatic rings. The van der Waals surface area contributed by atoms with E-state index in [-0.39, 0.29) is 29.2 Å². The van der Waals surface area contributed by atoms with Gasteiger partial charge in [0.2, 0.25) is 11.1 Å². The number of carbonyl (C=O) groups excluding carboxylic acids is 1. The predicted molar refractivity (Wildman–Crippen MR) is 117 cm³/mol. The Kier molecular flexibility index (Phi) is 6.24. The third-order valence-corrected chi connectivity index (χ3v) is 8.50. The molecule has 1 unspecified atom stereocenters. The molecule has 0 spiro atoms. The molecule has 30 heavy (non-hydrogen) atoms. The van der Waals surface area contributed by atoms with Crippen LogP contribution in [0.25, 0.3) is 11.4 Å². The number of halogens is 1. The lowest BCUT2D eigenvalue weighted by atomic mass is 10.2. The van der Waals surface area contributed by atoms with Gasteiger partial charge in [-0.15, -0.1) is 10.2 Å². The molecule has 0 saturated carbocycles. The number of benzene rings is 1. The number of rotatable bonds is 5. The van der Waals surface area contributed by atoms with E-state index < -0.39 is 9.84 Å². The van der Waals surface area contributed by atoms with Crippen LogP contribution in [-0.2, 0) is 14.6 Å². The normalized spacial score (nSPS) is 21.8. The summed E-state index contributed by atoms with van der Waals surface area (Å²) in [5.74, 6) is 7.26. The first-order valence-electron chi connectivity index (χ1n) is 9.64. The second kappa shape index (κ2) is 8.74. The van der Waals surface area contributed by atoms with E-state index in [1.807, 2.05) is 18.2 Å². The van der Waals surface area contributed by atoms with Crippen LogP contribution in [0.4, 0.5) is 0 Å². The molecule has 2 aliphatic rings. The summed E-state index contributed by atoms with van der Waals surface area (Å²) >= 11 is 7.44. The molecule has 3 heterocycles. The van der Waals surface area contributed by atoms with Crippen LogP contribution in [0.3, 0.4) is 0 Å². The highest BCUT2D eigenvalue weighted by molar-refractivity contribution is 7.99. The number of carbonyl (C=O) groups is 1. The minimum absolute atomic E-state index is 0.000914. The monoisotopic (exact) mass is 470 g/mol. The molecule has 0 bridgehead atoms. The number of amides is 1. The summed E-state index contributed by atoms with van der Waals surface area (Å²) in [6.45, 7) is 2.58. The molecule has 162 valence electrons. The highest BCUT2D eigenvalue weighted by atomic mass is 35.5. The maximum absolute atomic E-state index is 12.6. The smallest absolute Gasteiger partial charge is 0.233 e. The van der Waals surface area contributed by atoms with Gasteiger partial charge in [-0.2, -0.15) is 0 Å². The van der Waals surface area contributed by atoms with Crippen molar-refractivity contribution in [3.63, 3.8) is 0 Å². The van der Waals surface area contributed by atoms with E-state index in [1.54, 1.807) is 11.0 Å². The molecule has 0 aliphatic carbocycles. The summed E-state index contributed by atoms with van der Waals surface area (Å²) in [5.41, 5.74) is 0.678. The topological polar surface area (TPSA) is 114 Å². The van der Waals surface area contributed by atoms with E-state index in [0.717, 1.165) is 0 Å². The predicted octanol–water partition coefficient (Wildman–Crippen LogP) is 0.736. The molecular formula is C18H23ClN6O3S2. The van der Waals surface area contributed by atoms with Gasteiger partial charge in [0.1, 0.15) is 0 Å². The quantitative estimate of drug-likeness (QED) is 0.502. The van der Waals surface area contributed by atoms with Crippen LogP contribution in [-0.4, -0.2) is 88.5 Å². The minimum atomic E-state index is -2.90. The lowest BCUT2D eigenvalue weighted by Gasteiger charge is -2.37. The van der Waals surface area contributed by atoms with E-state index in [9.17, 15) is 13.2 Å². The van der Waals surface area contributed by atoms with Crippen molar-refractivity contribution in [2.24, 2.45) is 0 Å². The van der Waals surface area contributed by atoms with Crippen molar-refractivity contribution in [2.45, 2.75) is 17.6 Å². The Morgan fingerprint density at radius 1 is 1.20 bits per heavy atom. The summed E-state index contributed by atoms with van der Waals surface area (Å²) in [7, 11) is -2.90. The fourth-order valence-electron chi connectivity index (χ4n) is 3.82. The van der Waals surface area contributed by atoms with Crippen molar-refractivity contribution in [1.82, 2.24) is 24.7 Å². The van der Waals surface area contributed by atoms with Gasteiger partial charge in [-0.05, 0) is 18.6 Å². The van der Waals surface area contributed by atoms with Gasteiger partial charge < -0.3 is 10.7 Å². The number of hydrogen-bond acceptors (Lipinski definition) is 8. The number of nitrogen functional groups attached to an aromatic ring is 1. The Hall–Kier alpha value is -1.82. The fourth-order valence-corrected chi connectivity index (χ4v) is 6.56. The van der Waals surface area contributed by atoms with Crippen molar-refractivity contribution in [3.8, 4) is 11.4 Å². The largest absolute Gasteiger partial charge is 0.339 e. The molecule has 4 rings (SSSR count). The summed E-state index contributed by atoms with van der Waals surface area (Å²) in [6.07, 6.45) is 0.687. The van der Waals surface area contributed by atoms with Gasteiger partial charge in [-0.25, -0.2) is 13.1 Å². The zero-order valence-corrected chi connectivity index (χ0v) is 18.7. The van der Waals surface area contributed by atoms with Gasteiger partial charge in [0.15, 0.2) is 15.7 Å². The van der Waals surface area contributed by atoms with E-state index in [4.69, 9.17) is 17.4 Å². The number of aromatic nitrogens is 3. The summed E-state index contributed by atoms with van der Waals surface area (Å²) < 4.78 is 24.7.